The number of carbonyl (C=O) groups excluding carboxylic acids is 2. The van der Waals surface area contributed by atoms with Gasteiger partial charge in [0, 0.05) is 16.7 Å². The second-order valence-corrected chi connectivity index (χ2v) is 7.08. The summed E-state index contributed by atoms with van der Waals surface area (Å²) in [5.41, 5.74) is 6.01. The molecule has 0 aliphatic carbocycles. The van der Waals surface area contributed by atoms with E-state index in [1.807, 2.05) is 6.07 Å². The van der Waals surface area contributed by atoms with Crippen molar-refractivity contribution < 1.29 is 14.3 Å². The van der Waals surface area contributed by atoms with Crippen LogP contribution in [-0.4, -0.2) is 24.0 Å². The van der Waals surface area contributed by atoms with Crippen molar-refractivity contribution in [2.75, 3.05) is 7.11 Å². The van der Waals surface area contributed by atoms with Crippen molar-refractivity contribution in [3.8, 4) is 5.75 Å². The van der Waals surface area contributed by atoms with E-state index in [0.717, 1.165) is 3.57 Å². The molecule has 0 aliphatic heterocycles. The van der Waals surface area contributed by atoms with Crippen molar-refractivity contribution in [3.63, 3.8) is 0 Å². The molecular formula is C18H15ClIN3O3S. The minimum absolute atomic E-state index is 0.0413. The van der Waals surface area contributed by atoms with Crippen molar-refractivity contribution in [3.05, 3.63) is 68.3 Å². The van der Waals surface area contributed by atoms with Gasteiger partial charge < -0.3 is 4.74 Å². The minimum Gasteiger partial charge on any atom is -0.496 e. The lowest BCUT2D eigenvalue weighted by atomic mass is 10.2. The maximum Gasteiger partial charge on any atom is 0.269 e. The van der Waals surface area contributed by atoms with Crippen molar-refractivity contribution in [1.29, 1.82) is 0 Å². The third kappa shape index (κ3) is 6.49. The van der Waals surface area contributed by atoms with Gasteiger partial charge in [-0.2, -0.15) is 0 Å². The van der Waals surface area contributed by atoms with Gasteiger partial charge in [0.15, 0.2) is 5.11 Å². The Morgan fingerprint density at radius 3 is 2.59 bits per heavy atom. The molecule has 2 aromatic carbocycles. The molecule has 0 saturated heterocycles. The first-order chi connectivity index (χ1) is 12.9. The van der Waals surface area contributed by atoms with Gasteiger partial charge in [-0.25, -0.2) is 0 Å². The summed E-state index contributed by atoms with van der Waals surface area (Å²) in [4.78, 5) is 24.0. The Hall–Kier alpha value is -2.17. The number of methoxy groups -OCH3 is 1. The van der Waals surface area contributed by atoms with Crippen LogP contribution in [0.1, 0.15) is 15.9 Å². The molecule has 140 valence electrons. The molecule has 0 radical (unpaired) electrons. The van der Waals surface area contributed by atoms with Crippen LogP contribution in [0, 0.1) is 3.57 Å². The molecule has 3 N–H and O–H groups in total. The highest BCUT2D eigenvalue weighted by molar-refractivity contribution is 14.1. The highest BCUT2D eigenvalue weighted by atomic mass is 127. The Balaban J connectivity index is 1.85. The molecule has 27 heavy (non-hydrogen) atoms. The van der Waals surface area contributed by atoms with Gasteiger partial charge >= 0.3 is 0 Å². The normalized spacial score (nSPS) is 10.3. The van der Waals surface area contributed by atoms with Crippen molar-refractivity contribution >= 4 is 69.4 Å². The molecular weight excluding hydrogens is 501 g/mol. The van der Waals surface area contributed by atoms with E-state index in [0.29, 0.717) is 21.9 Å². The highest BCUT2D eigenvalue weighted by Gasteiger charge is 2.09. The number of halogens is 2. The van der Waals surface area contributed by atoms with E-state index in [1.54, 1.807) is 49.6 Å². The maximum atomic E-state index is 12.1. The van der Waals surface area contributed by atoms with E-state index in [9.17, 15) is 9.59 Å². The van der Waals surface area contributed by atoms with Gasteiger partial charge in [-0.1, -0.05) is 29.8 Å². The average molecular weight is 516 g/mol. The Morgan fingerprint density at radius 1 is 1.19 bits per heavy atom. The summed E-state index contributed by atoms with van der Waals surface area (Å²) >= 11 is 13.1. The third-order valence-corrected chi connectivity index (χ3v) is 4.65. The monoisotopic (exact) mass is 515 g/mol. The lowest BCUT2D eigenvalue weighted by molar-refractivity contribution is -0.115. The van der Waals surface area contributed by atoms with E-state index in [-0.39, 0.29) is 5.11 Å². The van der Waals surface area contributed by atoms with Crippen LogP contribution in [0.5, 0.6) is 5.75 Å². The minimum atomic E-state index is -0.458. The quantitative estimate of drug-likeness (QED) is 0.252. The van der Waals surface area contributed by atoms with Gasteiger partial charge in [0.25, 0.3) is 5.91 Å². The zero-order valence-electron chi connectivity index (χ0n) is 14.1. The van der Waals surface area contributed by atoms with Crippen LogP contribution in [0.15, 0.2) is 48.5 Å². The molecule has 6 nitrogen and oxygen atoms in total. The van der Waals surface area contributed by atoms with Crippen molar-refractivity contribution in [1.82, 2.24) is 16.2 Å². The zero-order valence-corrected chi connectivity index (χ0v) is 17.8. The van der Waals surface area contributed by atoms with Crippen LogP contribution in [0.4, 0.5) is 0 Å². The molecule has 0 unspecified atom stereocenters. The second kappa shape index (κ2) is 10.2. The maximum absolute atomic E-state index is 12.1. The topological polar surface area (TPSA) is 79.5 Å². The lowest BCUT2D eigenvalue weighted by Gasteiger charge is -2.10. The Bertz CT molecular complexity index is 905. The number of hydrazine groups is 1. The van der Waals surface area contributed by atoms with Crippen LogP contribution in [-0.2, 0) is 4.79 Å². The van der Waals surface area contributed by atoms with Crippen LogP contribution in [0.2, 0.25) is 5.02 Å². The average Bonchev–Trinajstić information content (AvgIpc) is 2.65. The molecule has 0 heterocycles. The second-order valence-electron chi connectivity index (χ2n) is 5.10. The van der Waals surface area contributed by atoms with Crippen LogP contribution in [0.3, 0.4) is 0 Å². The van der Waals surface area contributed by atoms with E-state index in [1.165, 1.54) is 6.08 Å². The predicted molar refractivity (Wildman–Crippen MR) is 118 cm³/mol. The molecule has 0 aromatic heterocycles. The summed E-state index contributed by atoms with van der Waals surface area (Å²) in [6.45, 7) is 0. The van der Waals surface area contributed by atoms with Gasteiger partial charge in [-0.3, -0.25) is 25.8 Å². The molecule has 2 rings (SSSR count). The Morgan fingerprint density at radius 2 is 1.93 bits per heavy atom. The van der Waals surface area contributed by atoms with Crippen LogP contribution in [0.25, 0.3) is 6.08 Å². The van der Waals surface area contributed by atoms with Gasteiger partial charge in [-0.05, 0) is 70.7 Å². The first kappa shape index (κ1) is 21.1. The number of hydrogen-bond acceptors (Lipinski definition) is 4. The standard InChI is InChI=1S/C18H15ClIN3O3S/c1-26-15-8-6-12(10-14(15)20)17(25)22-23-18(27)21-16(24)9-7-11-4-2-3-5-13(11)19/h2-10H,1H3,(H,22,25)(H2,21,23,24,27). The van der Waals surface area contributed by atoms with Crippen molar-refractivity contribution in [2.24, 2.45) is 0 Å². The van der Waals surface area contributed by atoms with Crippen LogP contribution >= 0.6 is 46.4 Å². The Kier molecular flexibility index (Phi) is 8.01. The fraction of sp³-hybridized carbons (Fsp3) is 0.0556. The molecule has 2 aromatic rings. The number of hydrogen-bond donors (Lipinski definition) is 3. The summed E-state index contributed by atoms with van der Waals surface area (Å²) in [5, 5.41) is 2.91. The van der Waals surface area contributed by atoms with Gasteiger partial charge in [0.05, 0.1) is 10.7 Å². The number of amides is 2. The number of carbonyl (C=O) groups is 2. The SMILES string of the molecule is COc1ccc(C(=O)NNC(=S)NC(=O)C=Cc2ccccc2Cl)cc1I. The predicted octanol–water partition coefficient (Wildman–Crippen LogP) is 3.30. The highest BCUT2D eigenvalue weighted by Crippen LogP contribution is 2.21. The summed E-state index contributed by atoms with van der Waals surface area (Å²) < 4.78 is 5.94. The van der Waals surface area contributed by atoms with E-state index >= 15 is 0 Å². The summed E-state index contributed by atoms with van der Waals surface area (Å²) in [6.07, 6.45) is 2.86. The van der Waals surface area contributed by atoms with Gasteiger partial charge in [0.2, 0.25) is 5.91 Å². The summed E-state index contributed by atoms with van der Waals surface area (Å²) in [7, 11) is 1.56. The number of ether oxygens (including phenoxy) is 1. The zero-order chi connectivity index (χ0) is 19.8. The molecule has 0 atom stereocenters. The largest absolute Gasteiger partial charge is 0.496 e. The van der Waals surface area contributed by atoms with Crippen molar-refractivity contribution in [2.45, 2.75) is 0 Å². The van der Waals surface area contributed by atoms with E-state index < -0.39 is 11.8 Å². The summed E-state index contributed by atoms with van der Waals surface area (Å²) in [6, 6.07) is 12.1. The summed E-state index contributed by atoms with van der Waals surface area (Å²) in [5.74, 6) is -0.187. The molecule has 0 aliphatic rings. The fourth-order valence-corrected chi connectivity index (χ4v) is 3.04. The Labute approximate surface area is 180 Å². The molecule has 0 bridgehead atoms. The third-order valence-electron chi connectivity index (χ3n) is 3.26. The number of benzene rings is 2. The lowest BCUT2D eigenvalue weighted by Crippen LogP contribution is -2.48. The molecule has 0 saturated carbocycles. The van der Waals surface area contributed by atoms with Crippen LogP contribution < -0.4 is 20.9 Å². The van der Waals surface area contributed by atoms with Gasteiger partial charge in [0.1, 0.15) is 5.75 Å². The molecule has 2 amide bonds. The number of thiocarbonyl (C=S) groups is 1. The fourth-order valence-electron chi connectivity index (χ4n) is 1.95. The van der Waals surface area contributed by atoms with E-state index in [4.69, 9.17) is 28.6 Å². The molecule has 0 spiro atoms. The number of rotatable bonds is 4. The number of nitrogens with one attached hydrogen (secondary N) is 3. The first-order valence-corrected chi connectivity index (χ1v) is 9.44. The van der Waals surface area contributed by atoms with Gasteiger partial charge in [-0.15, -0.1) is 0 Å². The van der Waals surface area contributed by atoms with E-state index in [2.05, 4.69) is 38.8 Å². The smallest absolute Gasteiger partial charge is 0.269 e. The molecule has 9 heteroatoms. The first-order valence-electron chi connectivity index (χ1n) is 7.58. The molecule has 0 fully saturated rings.